The van der Waals surface area contributed by atoms with E-state index >= 15 is 0 Å². The van der Waals surface area contributed by atoms with Gasteiger partial charge in [0.25, 0.3) is 0 Å². The van der Waals surface area contributed by atoms with Crippen LogP contribution in [-0.4, -0.2) is 4.98 Å². The van der Waals surface area contributed by atoms with Crippen molar-refractivity contribution in [3.05, 3.63) is 79.3 Å². The van der Waals surface area contributed by atoms with Gasteiger partial charge in [0.15, 0.2) is 0 Å². The zero-order chi connectivity index (χ0) is 12.4. The fraction of sp³-hybridized carbons (Fsp3) is 0. The van der Waals surface area contributed by atoms with E-state index in [1.54, 1.807) is 12.5 Å². The number of nitrogens with zero attached hydrogens (tertiary/aromatic N) is 2. The second-order valence-corrected chi connectivity index (χ2v) is 3.95. The van der Waals surface area contributed by atoms with Crippen LogP contribution in [0.4, 0.5) is 5.69 Å². The molecule has 0 saturated heterocycles. The Morgan fingerprint density at radius 2 is 1.94 bits per heavy atom. The fourth-order valence-electron chi connectivity index (χ4n) is 1.85. The predicted molar refractivity (Wildman–Crippen MR) is 71.7 cm³/mol. The summed E-state index contributed by atoms with van der Waals surface area (Å²) >= 11 is 0. The Morgan fingerprint density at radius 3 is 2.67 bits per heavy atom. The molecule has 3 nitrogen and oxygen atoms in total. The monoisotopic (exact) mass is 236 g/mol. The molecule has 0 atom stereocenters. The van der Waals surface area contributed by atoms with Crippen molar-refractivity contribution in [2.75, 3.05) is 4.90 Å². The van der Waals surface area contributed by atoms with Crippen LogP contribution < -0.4 is 4.90 Å². The average molecular weight is 236 g/mol. The van der Waals surface area contributed by atoms with Crippen LogP contribution in [0.15, 0.2) is 77.8 Å². The number of hydrogen-bond acceptors (Lipinski definition) is 3. The smallest absolute Gasteiger partial charge is 0.227 e. The van der Waals surface area contributed by atoms with E-state index in [1.165, 1.54) is 0 Å². The minimum absolute atomic E-state index is 0.611. The van der Waals surface area contributed by atoms with Crippen molar-refractivity contribution in [3.63, 3.8) is 0 Å². The molecule has 1 aromatic heterocycles. The Bertz CT molecular complexity index is 609. The SMILES string of the molecule is C=C1C=CC(c2ncco2)=CN1c1ccccc1. The summed E-state index contributed by atoms with van der Waals surface area (Å²) < 4.78 is 5.31. The van der Waals surface area contributed by atoms with Crippen molar-refractivity contribution >= 4 is 11.3 Å². The normalized spacial score (nSPS) is 14.8. The fourth-order valence-corrected chi connectivity index (χ4v) is 1.85. The molecule has 0 unspecified atom stereocenters. The van der Waals surface area contributed by atoms with Crippen LogP contribution >= 0.6 is 0 Å². The lowest BCUT2D eigenvalue weighted by Gasteiger charge is -2.24. The van der Waals surface area contributed by atoms with Crippen LogP contribution in [0.25, 0.3) is 5.57 Å². The van der Waals surface area contributed by atoms with E-state index in [1.807, 2.05) is 53.6 Å². The quantitative estimate of drug-likeness (QED) is 0.797. The van der Waals surface area contributed by atoms with Crippen LogP contribution in [0, 0.1) is 0 Å². The molecule has 0 amide bonds. The Labute approximate surface area is 105 Å². The number of benzene rings is 1. The third-order valence-electron chi connectivity index (χ3n) is 2.75. The van der Waals surface area contributed by atoms with Crippen LogP contribution in [0.3, 0.4) is 0 Å². The third-order valence-corrected chi connectivity index (χ3v) is 2.75. The number of para-hydroxylation sites is 1. The van der Waals surface area contributed by atoms with Gasteiger partial charge in [-0.05, 0) is 24.3 Å². The lowest BCUT2D eigenvalue weighted by atomic mass is 10.1. The van der Waals surface area contributed by atoms with Gasteiger partial charge < -0.3 is 9.32 Å². The second kappa shape index (κ2) is 4.37. The number of allylic oxidation sites excluding steroid dienone is 3. The molecular weight excluding hydrogens is 224 g/mol. The Morgan fingerprint density at radius 1 is 1.11 bits per heavy atom. The van der Waals surface area contributed by atoms with E-state index in [9.17, 15) is 0 Å². The molecule has 1 aliphatic rings. The molecule has 1 aromatic carbocycles. The van der Waals surface area contributed by atoms with Gasteiger partial charge in [0.05, 0.1) is 11.8 Å². The van der Waals surface area contributed by atoms with Crippen molar-refractivity contribution in [2.45, 2.75) is 0 Å². The van der Waals surface area contributed by atoms with Gasteiger partial charge in [-0.1, -0.05) is 24.8 Å². The first kappa shape index (κ1) is 10.6. The molecule has 0 spiro atoms. The van der Waals surface area contributed by atoms with Crippen molar-refractivity contribution in [3.8, 4) is 0 Å². The molecule has 3 rings (SSSR count). The van der Waals surface area contributed by atoms with Gasteiger partial charge in [-0.3, -0.25) is 0 Å². The maximum absolute atomic E-state index is 5.31. The summed E-state index contributed by atoms with van der Waals surface area (Å²) in [7, 11) is 0. The van der Waals surface area contributed by atoms with Crippen molar-refractivity contribution < 1.29 is 4.42 Å². The van der Waals surface area contributed by atoms with Gasteiger partial charge in [-0.25, -0.2) is 4.98 Å². The number of hydrogen-bond donors (Lipinski definition) is 0. The van der Waals surface area contributed by atoms with E-state index in [-0.39, 0.29) is 0 Å². The van der Waals surface area contributed by atoms with Gasteiger partial charge >= 0.3 is 0 Å². The van der Waals surface area contributed by atoms with E-state index in [2.05, 4.69) is 11.6 Å². The second-order valence-electron chi connectivity index (χ2n) is 3.95. The minimum atomic E-state index is 0.611. The molecule has 2 heterocycles. The van der Waals surface area contributed by atoms with Crippen molar-refractivity contribution in [1.82, 2.24) is 4.98 Å². The van der Waals surface area contributed by atoms with Gasteiger partial charge in [0, 0.05) is 17.6 Å². The first-order chi connectivity index (χ1) is 8.84. The highest BCUT2D eigenvalue weighted by molar-refractivity contribution is 5.77. The lowest BCUT2D eigenvalue weighted by molar-refractivity contribution is 0.543. The Hall–Kier alpha value is -2.55. The average Bonchev–Trinajstić information content (AvgIpc) is 2.94. The summed E-state index contributed by atoms with van der Waals surface area (Å²) in [4.78, 5) is 6.16. The summed E-state index contributed by atoms with van der Waals surface area (Å²) in [6.45, 7) is 4.03. The van der Waals surface area contributed by atoms with E-state index in [0.717, 1.165) is 17.0 Å². The predicted octanol–water partition coefficient (Wildman–Crippen LogP) is 3.61. The third kappa shape index (κ3) is 1.86. The summed E-state index contributed by atoms with van der Waals surface area (Å²) in [6, 6.07) is 10.1. The van der Waals surface area contributed by atoms with Gasteiger partial charge in [0.1, 0.15) is 6.26 Å². The molecule has 88 valence electrons. The molecule has 1 aliphatic heterocycles. The van der Waals surface area contributed by atoms with Gasteiger partial charge in [0.2, 0.25) is 5.89 Å². The van der Waals surface area contributed by atoms with Crippen LogP contribution in [0.2, 0.25) is 0 Å². The molecule has 0 radical (unpaired) electrons. The maximum atomic E-state index is 5.31. The van der Waals surface area contributed by atoms with E-state index in [4.69, 9.17) is 4.42 Å². The number of oxazole rings is 1. The van der Waals surface area contributed by atoms with Gasteiger partial charge in [-0.15, -0.1) is 0 Å². The Kier molecular flexibility index (Phi) is 2.57. The highest BCUT2D eigenvalue weighted by Gasteiger charge is 2.14. The Balaban J connectivity index is 2.00. The zero-order valence-corrected chi connectivity index (χ0v) is 9.78. The minimum Gasteiger partial charge on any atom is -0.444 e. The van der Waals surface area contributed by atoms with Crippen molar-refractivity contribution in [1.29, 1.82) is 0 Å². The van der Waals surface area contributed by atoms with Crippen LogP contribution in [0.5, 0.6) is 0 Å². The molecular formula is C15H12N2O. The van der Waals surface area contributed by atoms with Crippen LogP contribution in [-0.2, 0) is 0 Å². The maximum Gasteiger partial charge on any atom is 0.227 e. The number of aromatic nitrogens is 1. The highest BCUT2D eigenvalue weighted by atomic mass is 16.3. The summed E-state index contributed by atoms with van der Waals surface area (Å²) in [5, 5.41) is 0. The molecule has 0 bridgehead atoms. The number of rotatable bonds is 2. The molecule has 0 N–H and O–H groups in total. The zero-order valence-electron chi connectivity index (χ0n) is 9.78. The van der Waals surface area contributed by atoms with E-state index < -0.39 is 0 Å². The standard InChI is InChI=1S/C15H12N2O/c1-12-7-8-13(15-16-9-10-18-15)11-17(12)14-5-3-2-4-6-14/h2-11H,1H2. The summed E-state index contributed by atoms with van der Waals surface area (Å²) in [6.07, 6.45) is 9.09. The van der Waals surface area contributed by atoms with E-state index in [0.29, 0.717) is 5.89 Å². The first-order valence-corrected chi connectivity index (χ1v) is 5.67. The topological polar surface area (TPSA) is 29.3 Å². The summed E-state index contributed by atoms with van der Waals surface area (Å²) in [5.74, 6) is 0.611. The van der Waals surface area contributed by atoms with Gasteiger partial charge in [-0.2, -0.15) is 0 Å². The van der Waals surface area contributed by atoms with Crippen LogP contribution in [0.1, 0.15) is 5.89 Å². The molecule has 2 aromatic rings. The first-order valence-electron chi connectivity index (χ1n) is 5.67. The molecule has 0 saturated carbocycles. The summed E-state index contributed by atoms with van der Waals surface area (Å²) in [5.41, 5.74) is 2.91. The molecule has 0 fully saturated rings. The highest BCUT2D eigenvalue weighted by Crippen LogP contribution is 2.27. The lowest BCUT2D eigenvalue weighted by Crippen LogP contribution is -2.16. The molecule has 18 heavy (non-hydrogen) atoms. The molecule has 0 aliphatic carbocycles. The van der Waals surface area contributed by atoms with Crippen molar-refractivity contribution in [2.24, 2.45) is 0 Å². The number of anilines is 1. The molecule has 3 heteroatoms. The largest absolute Gasteiger partial charge is 0.444 e.